The number of hydrogen-bond acceptors (Lipinski definition) is 3. The molecular formula is C21H31N3O2. The first kappa shape index (κ1) is 18.9. The van der Waals surface area contributed by atoms with Crippen LogP contribution in [0.3, 0.4) is 0 Å². The van der Waals surface area contributed by atoms with E-state index in [0.717, 1.165) is 42.7 Å². The van der Waals surface area contributed by atoms with Crippen LogP contribution in [0.1, 0.15) is 40.0 Å². The fourth-order valence-electron chi connectivity index (χ4n) is 4.10. The molecule has 2 aromatic rings. The molecule has 1 fully saturated rings. The number of carbonyl (C=O) groups excluding carboxylic acids is 1. The van der Waals surface area contributed by atoms with Gasteiger partial charge in [0.05, 0.1) is 6.61 Å². The van der Waals surface area contributed by atoms with E-state index in [1.807, 2.05) is 4.90 Å². The summed E-state index contributed by atoms with van der Waals surface area (Å²) in [6, 6.07) is 4.52. The zero-order valence-electron chi connectivity index (χ0n) is 16.7. The summed E-state index contributed by atoms with van der Waals surface area (Å²) in [6.45, 7) is 9.52. The second kappa shape index (κ2) is 7.80. The first-order valence-electron chi connectivity index (χ1n) is 9.51. The molecule has 1 aromatic heterocycles. The molecule has 142 valence electrons. The minimum Gasteiger partial charge on any atom is -0.383 e. The Hall–Kier alpha value is -1.85. The van der Waals surface area contributed by atoms with E-state index in [1.54, 1.807) is 7.11 Å². The van der Waals surface area contributed by atoms with E-state index in [2.05, 4.69) is 49.8 Å². The minimum absolute atomic E-state index is 0.101. The van der Waals surface area contributed by atoms with Crippen LogP contribution < -0.4 is 0 Å². The molecule has 2 heterocycles. The molecule has 5 heteroatoms. The molecule has 0 bridgehead atoms. The van der Waals surface area contributed by atoms with Gasteiger partial charge in [-0.2, -0.15) is 0 Å². The van der Waals surface area contributed by atoms with Crippen molar-refractivity contribution in [2.75, 3.05) is 40.4 Å². The van der Waals surface area contributed by atoms with E-state index in [1.165, 1.54) is 16.5 Å². The molecule has 0 atom stereocenters. The van der Waals surface area contributed by atoms with Crippen molar-refractivity contribution < 1.29 is 9.53 Å². The molecule has 1 amide bonds. The van der Waals surface area contributed by atoms with Crippen LogP contribution in [0.15, 0.2) is 12.1 Å². The standard InChI is InChI=1S/C21H31N3O2/c1-14-6-7-15(2)19-18(14)16(3)20(22-19)21(25)24(12-13-26-5)17-8-10-23(4)11-9-17/h6-7,17,22H,8-13H2,1-5H3. The summed E-state index contributed by atoms with van der Waals surface area (Å²) in [4.78, 5) is 21.3. The van der Waals surface area contributed by atoms with Crippen LogP contribution in [0.5, 0.6) is 0 Å². The van der Waals surface area contributed by atoms with Gasteiger partial charge in [0.25, 0.3) is 5.91 Å². The highest BCUT2D eigenvalue weighted by Crippen LogP contribution is 2.29. The molecule has 0 unspecified atom stereocenters. The fourth-order valence-corrected chi connectivity index (χ4v) is 4.10. The molecule has 1 aliphatic heterocycles. The van der Waals surface area contributed by atoms with E-state index in [4.69, 9.17) is 4.74 Å². The van der Waals surface area contributed by atoms with Crippen molar-refractivity contribution in [3.8, 4) is 0 Å². The third-order valence-electron chi connectivity index (χ3n) is 5.76. The average molecular weight is 357 g/mol. The number of rotatable bonds is 5. The Morgan fingerprint density at radius 1 is 1.23 bits per heavy atom. The number of nitrogens with one attached hydrogen (secondary N) is 1. The molecule has 1 N–H and O–H groups in total. The highest BCUT2D eigenvalue weighted by molar-refractivity contribution is 6.02. The number of amides is 1. The predicted octanol–water partition coefficient (Wildman–Crippen LogP) is 3.28. The topological polar surface area (TPSA) is 48.6 Å². The van der Waals surface area contributed by atoms with Crippen LogP contribution in [0.2, 0.25) is 0 Å². The Balaban J connectivity index is 1.96. The highest BCUT2D eigenvalue weighted by Gasteiger charge is 2.29. The molecule has 0 aliphatic carbocycles. The maximum Gasteiger partial charge on any atom is 0.270 e. The monoisotopic (exact) mass is 357 g/mol. The van der Waals surface area contributed by atoms with Gasteiger partial charge in [-0.25, -0.2) is 0 Å². The molecule has 1 aromatic carbocycles. The van der Waals surface area contributed by atoms with Crippen LogP contribution in [-0.4, -0.2) is 67.1 Å². The van der Waals surface area contributed by atoms with Crippen molar-refractivity contribution in [3.05, 3.63) is 34.5 Å². The number of likely N-dealkylation sites (tertiary alicyclic amines) is 1. The third-order valence-corrected chi connectivity index (χ3v) is 5.76. The van der Waals surface area contributed by atoms with Gasteiger partial charge in [-0.05, 0) is 70.4 Å². The average Bonchev–Trinajstić information content (AvgIpc) is 2.98. The lowest BCUT2D eigenvalue weighted by molar-refractivity contribution is 0.0499. The number of fused-ring (bicyclic) bond motifs is 1. The minimum atomic E-state index is 0.101. The molecular weight excluding hydrogens is 326 g/mol. The zero-order valence-corrected chi connectivity index (χ0v) is 16.7. The van der Waals surface area contributed by atoms with Crippen LogP contribution in [0.4, 0.5) is 0 Å². The number of ether oxygens (including phenoxy) is 1. The molecule has 26 heavy (non-hydrogen) atoms. The summed E-state index contributed by atoms with van der Waals surface area (Å²) in [7, 11) is 3.84. The molecule has 1 aliphatic rings. The van der Waals surface area contributed by atoms with Gasteiger partial charge in [0.2, 0.25) is 0 Å². The van der Waals surface area contributed by atoms with Crippen LogP contribution in [-0.2, 0) is 4.74 Å². The van der Waals surface area contributed by atoms with Crippen molar-refractivity contribution in [1.82, 2.24) is 14.8 Å². The summed E-state index contributed by atoms with van der Waals surface area (Å²) < 4.78 is 5.28. The molecule has 3 rings (SSSR count). The van der Waals surface area contributed by atoms with Crippen molar-refractivity contribution >= 4 is 16.8 Å². The summed E-state index contributed by atoms with van der Waals surface area (Å²) in [5, 5.41) is 1.18. The number of benzene rings is 1. The van der Waals surface area contributed by atoms with Crippen LogP contribution >= 0.6 is 0 Å². The number of hydrogen-bond donors (Lipinski definition) is 1. The number of aromatic nitrogens is 1. The van der Waals surface area contributed by atoms with E-state index in [0.29, 0.717) is 13.2 Å². The van der Waals surface area contributed by atoms with Crippen LogP contribution in [0.25, 0.3) is 10.9 Å². The quantitative estimate of drug-likeness (QED) is 0.893. The first-order valence-corrected chi connectivity index (χ1v) is 9.51. The summed E-state index contributed by atoms with van der Waals surface area (Å²) in [5.41, 5.74) is 5.26. The number of nitrogens with zero attached hydrogens (tertiary/aromatic N) is 2. The largest absolute Gasteiger partial charge is 0.383 e. The first-order chi connectivity index (χ1) is 12.4. The van der Waals surface area contributed by atoms with Gasteiger partial charge in [-0.15, -0.1) is 0 Å². The second-order valence-electron chi connectivity index (χ2n) is 7.60. The number of carbonyl (C=O) groups is 1. The van der Waals surface area contributed by atoms with Gasteiger partial charge in [0, 0.05) is 30.6 Å². The lowest BCUT2D eigenvalue weighted by Crippen LogP contribution is -2.48. The lowest BCUT2D eigenvalue weighted by Gasteiger charge is -2.37. The molecule has 5 nitrogen and oxygen atoms in total. The number of H-pyrrole nitrogens is 1. The maximum atomic E-state index is 13.5. The Morgan fingerprint density at radius 3 is 2.50 bits per heavy atom. The number of piperidine rings is 1. The fraction of sp³-hybridized carbons (Fsp3) is 0.571. The number of aromatic amines is 1. The Labute approximate surface area is 156 Å². The summed E-state index contributed by atoms with van der Waals surface area (Å²) in [5.74, 6) is 0.101. The smallest absolute Gasteiger partial charge is 0.270 e. The van der Waals surface area contributed by atoms with Crippen molar-refractivity contribution in [3.63, 3.8) is 0 Å². The summed E-state index contributed by atoms with van der Waals surface area (Å²) >= 11 is 0. The third kappa shape index (κ3) is 3.51. The van der Waals surface area contributed by atoms with E-state index >= 15 is 0 Å². The van der Waals surface area contributed by atoms with Crippen molar-refractivity contribution in [2.24, 2.45) is 0 Å². The number of aryl methyl sites for hydroxylation is 3. The lowest BCUT2D eigenvalue weighted by atomic mass is 10.0. The van der Waals surface area contributed by atoms with Gasteiger partial charge >= 0.3 is 0 Å². The van der Waals surface area contributed by atoms with Gasteiger partial charge in [0.1, 0.15) is 5.69 Å². The van der Waals surface area contributed by atoms with Crippen molar-refractivity contribution in [1.29, 1.82) is 0 Å². The molecule has 1 saturated heterocycles. The Kier molecular flexibility index (Phi) is 5.68. The molecule has 0 saturated carbocycles. The van der Waals surface area contributed by atoms with Gasteiger partial charge in [0.15, 0.2) is 0 Å². The maximum absolute atomic E-state index is 13.5. The predicted molar refractivity (Wildman–Crippen MR) is 106 cm³/mol. The molecule has 0 radical (unpaired) electrons. The van der Waals surface area contributed by atoms with Crippen molar-refractivity contribution in [2.45, 2.75) is 39.7 Å². The van der Waals surface area contributed by atoms with Gasteiger partial charge in [-0.3, -0.25) is 4.79 Å². The summed E-state index contributed by atoms with van der Waals surface area (Å²) in [6.07, 6.45) is 2.03. The number of methoxy groups -OCH3 is 1. The second-order valence-corrected chi connectivity index (χ2v) is 7.60. The van der Waals surface area contributed by atoms with E-state index in [-0.39, 0.29) is 11.9 Å². The molecule has 0 spiro atoms. The van der Waals surface area contributed by atoms with E-state index in [9.17, 15) is 4.79 Å². The normalized spacial score (nSPS) is 16.3. The SMILES string of the molecule is COCCN(C(=O)c1[nH]c2c(C)ccc(C)c2c1C)C1CCN(C)CC1. The van der Waals surface area contributed by atoms with E-state index < -0.39 is 0 Å². The highest BCUT2D eigenvalue weighted by atomic mass is 16.5. The Bertz CT molecular complexity index is 788. The van der Waals surface area contributed by atoms with Crippen LogP contribution in [0, 0.1) is 20.8 Å². The Morgan fingerprint density at radius 2 is 1.88 bits per heavy atom. The van der Waals surface area contributed by atoms with Gasteiger partial charge < -0.3 is 19.5 Å². The zero-order chi connectivity index (χ0) is 18.8. The van der Waals surface area contributed by atoms with Gasteiger partial charge in [-0.1, -0.05) is 12.1 Å².